The highest BCUT2D eigenvalue weighted by Crippen LogP contribution is 2.25. The molecule has 0 radical (unpaired) electrons. The van der Waals surface area contributed by atoms with Crippen molar-refractivity contribution in [3.8, 4) is 0 Å². The van der Waals surface area contributed by atoms with Gasteiger partial charge in [0, 0.05) is 6.92 Å². The molecule has 10 heavy (non-hydrogen) atoms. The normalized spacial score (nSPS) is 9.40. The average molecular weight is 176 g/mol. The van der Waals surface area contributed by atoms with Gasteiger partial charge in [-0.25, -0.2) is 0 Å². The smallest absolute Gasteiger partial charge is 0.221 e. The second-order valence-corrected chi connectivity index (χ2v) is 3.50. The molecule has 0 fully saturated rings. The van der Waals surface area contributed by atoms with Gasteiger partial charge >= 0.3 is 0 Å². The van der Waals surface area contributed by atoms with Crippen molar-refractivity contribution in [3.63, 3.8) is 0 Å². The van der Waals surface area contributed by atoms with Crippen LogP contribution in [0.1, 0.15) is 6.92 Å². The van der Waals surface area contributed by atoms with Gasteiger partial charge in [-0.1, -0.05) is 11.6 Å². The molecule has 1 N–H and O–H groups in total. The first-order valence-corrected chi connectivity index (χ1v) is 3.91. The summed E-state index contributed by atoms with van der Waals surface area (Å²) < 4.78 is 0.684. The second kappa shape index (κ2) is 3.03. The van der Waals surface area contributed by atoms with Crippen LogP contribution in [-0.4, -0.2) is 5.91 Å². The lowest BCUT2D eigenvalue weighted by Gasteiger charge is -1.92. The van der Waals surface area contributed by atoms with Crippen LogP contribution in [0.25, 0.3) is 0 Å². The fourth-order valence-electron chi connectivity index (χ4n) is 0.555. The maximum atomic E-state index is 10.5. The Balaban J connectivity index is 2.67. The van der Waals surface area contributed by atoms with Crippen molar-refractivity contribution < 1.29 is 4.79 Å². The van der Waals surface area contributed by atoms with Gasteiger partial charge in [-0.3, -0.25) is 4.79 Å². The summed E-state index contributed by atoms with van der Waals surface area (Å²) in [4.78, 5) is 10.5. The monoisotopic (exact) mass is 175 g/mol. The fraction of sp³-hybridized carbons (Fsp3) is 0.167. The number of carbonyl (C=O) groups is 1. The molecule has 0 aromatic carbocycles. The highest BCUT2D eigenvalue weighted by atomic mass is 35.5. The molecule has 0 bridgehead atoms. The number of rotatable bonds is 1. The van der Waals surface area contributed by atoms with Gasteiger partial charge in [-0.2, -0.15) is 0 Å². The van der Waals surface area contributed by atoms with Crippen LogP contribution in [0, 0.1) is 0 Å². The highest BCUT2D eigenvalue weighted by Gasteiger charge is 1.97. The molecule has 4 heteroatoms. The SMILES string of the molecule is CC(=O)Nc1ccc(Cl)s1. The molecule has 0 saturated heterocycles. The zero-order chi connectivity index (χ0) is 7.56. The summed E-state index contributed by atoms with van der Waals surface area (Å²) >= 11 is 6.96. The molecule has 0 aliphatic rings. The van der Waals surface area contributed by atoms with Crippen LogP contribution >= 0.6 is 22.9 Å². The molecule has 0 spiro atoms. The lowest BCUT2D eigenvalue weighted by atomic mass is 10.6. The minimum absolute atomic E-state index is 0.0708. The molecule has 0 unspecified atom stereocenters. The molecule has 1 aromatic heterocycles. The van der Waals surface area contributed by atoms with Gasteiger partial charge in [0.15, 0.2) is 0 Å². The maximum Gasteiger partial charge on any atom is 0.221 e. The van der Waals surface area contributed by atoms with Crippen molar-refractivity contribution in [2.24, 2.45) is 0 Å². The molecule has 1 rings (SSSR count). The third-order valence-corrected chi connectivity index (χ3v) is 2.02. The number of hydrogen-bond acceptors (Lipinski definition) is 2. The van der Waals surface area contributed by atoms with Crippen LogP contribution in [0.2, 0.25) is 4.34 Å². The number of halogens is 1. The zero-order valence-electron chi connectivity index (χ0n) is 5.35. The number of thiophene rings is 1. The number of carbonyl (C=O) groups excluding carboxylic acids is 1. The Morgan fingerprint density at radius 1 is 1.70 bits per heavy atom. The van der Waals surface area contributed by atoms with E-state index in [0.717, 1.165) is 5.00 Å². The first-order valence-electron chi connectivity index (χ1n) is 2.71. The Labute approximate surface area is 67.8 Å². The van der Waals surface area contributed by atoms with Gasteiger partial charge in [0.2, 0.25) is 5.91 Å². The second-order valence-electron chi connectivity index (χ2n) is 1.78. The molecule has 1 amide bonds. The summed E-state index contributed by atoms with van der Waals surface area (Å²) in [5.74, 6) is -0.0708. The van der Waals surface area contributed by atoms with E-state index in [-0.39, 0.29) is 5.91 Å². The van der Waals surface area contributed by atoms with Crippen molar-refractivity contribution in [3.05, 3.63) is 16.5 Å². The molecule has 1 heterocycles. The number of hydrogen-bond donors (Lipinski definition) is 1. The van der Waals surface area contributed by atoms with E-state index < -0.39 is 0 Å². The van der Waals surface area contributed by atoms with Gasteiger partial charge in [-0.15, -0.1) is 11.3 Å². The van der Waals surface area contributed by atoms with Gasteiger partial charge in [-0.05, 0) is 12.1 Å². The minimum Gasteiger partial charge on any atom is -0.318 e. The summed E-state index contributed by atoms with van der Waals surface area (Å²) in [6, 6.07) is 3.52. The summed E-state index contributed by atoms with van der Waals surface area (Å²) in [5, 5.41) is 3.41. The van der Waals surface area contributed by atoms with Crippen LogP contribution < -0.4 is 5.32 Å². The summed E-state index contributed by atoms with van der Waals surface area (Å²) in [5.41, 5.74) is 0. The Morgan fingerprint density at radius 2 is 2.40 bits per heavy atom. The first kappa shape index (κ1) is 7.57. The van der Waals surface area contributed by atoms with Crippen LogP contribution in [0.4, 0.5) is 5.00 Å². The Morgan fingerprint density at radius 3 is 2.80 bits per heavy atom. The number of anilines is 1. The van der Waals surface area contributed by atoms with E-state index in [4.69, 9.17) is 11.6 Å². The topological polar surface area (TPSA) is 29.1 Å². The summed E-state index contributed by atoms with van der Waals surface area (Å²) in [6.07, 6.45) is 0. The third kappa shape index (κ3) is 2.01. The molecule has 1 aromatic rings. The molecule has 0 aliphatic heterocycles. The predicted octanol–water partition coefficient (Wildman–Crippen LogP) is 2.36. The Hall–Kier alpha value is -0.540. The fourth-order valence-corrected chi connectivity index (χ4v) is 1.54. The summed E-state index contributed by atoms with van der Waals surface area (Å²) in [6.45, 7) is 1.47. The van der Waals surface area contributed by atoms with Crippen LogP contribution in [0.15, 0.2) is 12.1 Å². The van der Waals surface area contributed by atoms with E-state index in [9.17, 15) is 4.79 Å². The van der Waals surface area contributed by atoms with Gasteiger partial charge in [0.1, 0.15) is 0 Å². The maximum absolute atomic E-state index is 10.5. The van der Waals surface area contributed by atoms with E-state index in [2.05, 4.69) is 5.32 Å². The molecular formula is C6H6ClNOS. The van der Waals surface area contributed by atoms with Crippen LogP contribution in [0.5, 0.6) is 0 Å². The number of amides is 1. The first-order chi connectivity index (χ1) is 4.68. The molecule has 54 valence electrons. The van der Waals surface area contributed by atoms with Crippen molar-refractivity contribution in [2.75, 3.05) is 5.32 Å². The molecule has 2 nitrogen and oxygen atoms in total. The standard InChI is InChI=1S/C6H6ClNOS/c1-4(9)8-6-3-2-5(7)10-6/h2-3H,1H3,(H,8,9). The van der Waals surface area contributed by atoms with Gasteiger partial charge < -0.3 is 5.32 Å². The van der Waals surface area contributed by atoms with Crippen LogP contribution in [-0.2, 0) is 4.79 Å². The van der Waals surface area contributed by atoms with E-state index in [0.29, 0.717) is 4.34 Å². The van der Waals surface area contributed by atoms with E-state index in [1.807, 2.05) is 0 Å². The lowest BCUT2D eigenvalue weighted by molar-refractivity contribution is -0.114. The predicted molar refractivity (Wildman–Crippen MR) is 43.6 cm³/mol. The molecule has 0 atom stereocenters. The highest BCUT2D eigenvalue weighted by molar-refractivity contribution is 7.20. The average Bonchev–Trinajstić information content (AvgIpc) is 2.13. The van der Waals surface area contributed by atoms with E-state index in [1.54, 1.807) is 12.1 Å². The van der Waals surface area contributed by atoms with E-state index in [1.165, 1.54) is 18.3 Å². The lowest BCUT2D eigenvalue weighted by Crippen LogP contribution is -2.03. The molecule has 0 aliphatic carbocycles. The van der Waals surface area contributed by atoms with Crippen molar-refractivity contribution >= 4 is 33.8 Å². The molecular weight excluding hydrogens is 170 g/mol. The number of nitrogens with one attached hydrogen (secondary N) is 1. The van der Waals surface area contributed by atoms with Crippen molar-refractivity contribution in [1.82, 2.24) is 0 Å². The van der Waals surface area contributed by atoms with Crippen molar-refractivity contribution in [1.29, 1.82) is 0 Å². The van der Waals surface area contributed by atoms with Gasteiger partial charge in [0.25, 0.3) is 0 Å². The Bertz CT molecular complexity index is 246. The summed E-state index contributed by atoms with van der Waals surface area (Å²) in [7, 11) is 0. The minimum atomic E-state index is -0.0708. The molecule has 0 saturated carbocycles. The largest absolute Gasteiger partial charge is 0.318 e. The van der Waals surface area contributed by atoms with E-state index >= 15 is 0 Å². The van der Waals surface area contributed by atoms with Crippen LogP contribution in [0.3, 0.4) is 0 Å². The Kier molecular flexibility index (Phi) is 2.29. The quantitative estimate of drug-likeness (QED) is 0.698. The zero-order valence-corrected chi connectivity index (χ0v) is 6.92. The van der Waals surface area contributed by atoms with Crippen molar-refractivity contribution in [2.45, 2.75) is 6.92 Å². The van der Waals surface area contributed by atoms with Gasteiger partial charge in [0.05, 0.1) is 9.34 Å². The third-order valence-electron chi connectivity index (χ3n) is 0.872.